The van der Waals surface area contributed by atoms with Gasteiger partial charge in [-0.1, -0.05) is 19.9 Å². The van der Waals surface area contributed by atoms with Crippen molar-refractivity contribution in [3.8, 4) is 0 Å². The van der Waals surface area contributed by atoms with Crippen molar-refractivity contribution in [3.05, 3.63) is 46.3 Å². The van der Waals surface area contributed by atoms with Gasteiger partial charge in [0.1, 0.15) is 5.82 Å². The van der Waals surface area contributed by atoms with Crippen molar-refractivity contribution in [2.45, 2.75) is 19.9 Å². The summed E-state index contributed by atoms with van der Waals surface area (Å²) in [5, 5.41) is 8.07. The smallest absolute Gasteiger partial charge is 0.255 e. The molecule has 0 fully saturated rings. The van der Waals surface area contributed by atoms with Gasteiger partial charge < -0.3 is 10.6 Å². The largest absolute Gasteiger partial charge is 0.372 e. The number of thiophene rings is 1. The Kier molecular flexibility index (Phi) is 4.74. The molecule has 2 heterocycles. The first-order valence-electron chi connectivity index (χ1n) is 6.60. The number of carbonyl (C=O) groups is 1. The number of pyridine rings is 1. The summed E-state index contributed by atoms with van der Waals surface area (Å²) in [6.45, 7) is 4.21. The molecule has 2 aromatic rings. The van der Waals surface area contributed by atoms with Gasteiger partial charge in [-0.3, -0.25) is 4.79 Å². The van der Waals surface area contributed by atoms with Gasteiger partial charge in [0.25, 0.3) is 5.91 Å². The molecule has 4 nitrogen and oxygen atoms in total. The minimum atomic E-state index is -0.102. The third kappa shape index (κ3) is 3.17. The van der Waals surface area contributed by atoms with Gasteiger partial charge in [-0.05, 0) is 29.5 Å². The van der Waals surface area contributed by atoms with Crippen LogP contribution in [0.4, 0.5) is 5.82 Å². The van der Waals surface area contributed by atoms with E-state index in [1.807, 2.05) is 11.4 Å². The van der Waals surface area contributed by atoms with E-state index < -0.39 is 0 Å². The van der Waals surface area contributed by atoms with Gasteiger partial charge in [0.05, 0.1) is 11.6 Å². The summed E-state index contributed by atoms with van der Waals surface area (Å²) in [5.41, 5.74) is 0.567. The SMILES string of the molecule is CNc1ncccc1C(=O)NC(c1cccs1)C(C)C. The molecule has 0 saturated carbocycles. The molecule has 0 bridgehead atoms. The first-order valence-corrected chi connectivity index (χ1v) is 7.48. The molecule has 0 spiro atoms. The Balaban J connectivity index is 2.21. The van der Waals surface area contributed by atoms with Gasteiger partial charge in [-0.2, -0.15) is 0 Å². The Labute approximate surface area is 123 Å². The van der Waals surface area contributed by atoms with Crippen molar-refractivity contribution < 1.29 is 4.79 Å². The lowest BCUT2D eigenvalue weighted by Crippen LogP contribution is -2.31. The van der Waals surface area contributed by atoms with E-state index in [0.29, 0.717) is 17.3 Å². The number of hydrogen-bond donors (Lipinski definition) is 2. The molecule has 1 unspecified atom stereocenters. The van der Waals surface area contributed by atoms with Crippen LogP contribution in [0.25, 0.3) is 0 Å². The number of amides is 1. The average Bonchev–Trinajstić information content (AvgIpc) is 2.97. The fourth-order valence-electron chi connectivity index (χ4n) is 2.04. The van der Waals surface area contributed by atoms with Crippen LogP contribution in [-0.2, 0) is 0 Å². The first-order chi connectivity index (χ1) is 9.63. The lowest BCUT2D eigenvalue weighted by atomic mass is 10.0. The van der Waals surface area contributed by atoms with Crippen LogP contribution in [0.3, 0.4) is 0 Å². The second kappa shape index (κ2) is 6.52. The monoisotopic (exact) mass is 289 g/mol. The molecule has 106 valence electrons. The molecule has 1 atom stereocenters. The lowest BCUT2D eigenvalue weighted by Gasteiger charge is -2.21. The number of carbonyl (C=O) groups excluding carboxylic acids is 1. The quantitative estimate of drug-likeness (QED) is 0.888. The number of nitrogens with one attached hydrogen (secondary N) is 2. The zero-order valence-electron chi connectivity index (χ0n) is 11.9. The predicted octanol–water partition coefficient (Wildman–Crippen LogP) is 3.31. The van der Waals surface area contributed by atoms with Crippen LogP contribution in [0.15, 0.2) is 35.8 Å². The minimum Gasteiger partial charge on any atom is -0.372 e. The Hall–Kier alpha value is -1.88. The molecular formula is C15H19N3OS. The zero-order chi connectivity index (χ0) is 14.5. The van der Waals surface area contributed by atoms with E-state index in [4.69, 9.17) is 0 Å². The maximum Gasteiger partial charge on any atom is 0.255 e. The van der Waals surface area contributed by atoms with Crippen molar-refractivity contribution in [2.24, 2.45) is 5.92 Å². The van der Waals surface area contributed by atoms with Crippen molar-refractivity contribution in [2.75, 3.05) is 12.4 Å². The molecule has 2 aromatic heterocycles. The highest BCUT2D eigenvalue weighted by atomic mass is 32.1. The van der Waals surface area contributed by atoms with Gasteiger partial charge in [-0.25, -0.2) is 4.98 Å². The van der Waals surface area contributed by atoms with E-state index in [0.717, 1.165) is 0 Å². The van der Waals surface area contributed by atoms with Crippen LogP contribution in [-0.4, -0.2) is 17.9 Å². The number of hydrogen-bond acceptors (Lipinski definition) is 4. The van der Waals surface area contributed by atoms with E-state index in [2.05, 4.69) is 35.5 Å². The zero-order valence-corrected chi connectivity index (χ0v) is 12.7. The molecule has 0 aromatic carbocycles. The van der Waals surface area contributed by atoms with Crippen molar-refractivity contribution in [3.63, 3.8) is 0 Å². The van der Waals surface area contributed by atoms with E-state index in [-0.39, 0.29) is 11.9 Å². The number of anilines is 1. The molecule has 0 aliphatic heterocycles. The number of rotatable bonds is 5. The van der Waals surface area contributed by atoms with Gasteiger partial charge >= 0.3 is 0 Å². The second-order valence-electron chi connectivity index (χ2n) is 4.86. The molecule has 1 amide bonds. The summed E-state index contributed by atoms with van der Waals surface area (Å²) in [7, 11) is 1.76. The van der Waals surface area contributed by atoms with Crippen LogP contribution < -0.4 is 10.6 Å². The van der Waals surface area contributed by atoms with Crippen LogP contribution in [0.5, 0.6) is 0 Å². The Morgan fingerprint density at radius 2 is 2.10 bits per heavy atom. The van der Waals surface area contributed by atoms with Gasteiger partial charge in [0.15, 0.2) is 0 Å². The fourth-order valence-corrected chi connectivity index (χ4v) is 2.99. The van der Waals surface area contributed by atoms with E-state index in [1.54, 1.807) is 36.7 Å². The molecular weight excluding hydrogens is 270 g/mol. The summed E-state index contributed by atoms with van der Waals surface area (Å²) < 4.78 is 0. The van der Waals surface area contributed by atoms with E-state index >= 15 is 0 Å². The topological polar surface area (TPSA) is 54.0 Å². The van der Waals surface area contributed by atoms with Crippen molar-refractivity contribution in [1.82, 2.24) is 10.3 Å². The fraction of sp³-hybridized carbons (Fsp3) is 0.333. The van der Waals surface area contributed by atoms with E-state index in [9.17, 15) is 4.79 Å². The summed E-state index contributed by atoms with van der Waals surface area (Å²) in [6.07, 6.45) is 1.67. The summed E-state index contributed by atoms with van der Waals surface area (Å²) in [4.78, 5) is 17.8. The molecule has 2 N–H and O–H groups in total. The van der Waals surface area contributed by atoms with E-state index in [1.165, 1.54) is 4.88 Å². The highest BCUT2D eigenvalue weighted by Gasteiger charge is 2.21. The summed E-state index contributed by atoms with van der Waals surface area (Å²) in [5.74, 6) is 0.820. The van der Waals surface area contributed by atoms with Crippen molar-refractivity contribution in [1.29, 1.82) is 0 Å². The van der Waals surface area contributed by atoms with Crippen LogP contribution >= 0.6 is 11.3 Å². The third-order valence-corrected chi connectivity index (χ3v) is 4.05. The van der Waals surface area contributed by atoms with Crippen LogP contribution in [0.1, 0.15) is 35.1 Å². The first kappa shape index (κ1) is 14.5. The number of nitrogens with zero attached hydrogens (tertiary/aromatic N) is 1. The Morgan fingerprint density at radius 1 is 1.30 bits per heavy atom. The van der Waals surface area contributed by atoms with Crippen LogP contribution in [0, 0.1) is 5.92 Å². The normalized spacial score (nSPS) is 12.2. The van der Waals surface area contributed by atoms with Crippen molar-refractivity contribution >= 4 is 23.1 Å². The molecule has 5 heteroatoms. The number of aromatic nitrogens is 1. The molecule has 2 rings (SSSR count). The van der Waals surface area contributed by atoms with Crippen LogP contribution in [0.2, 0.25) is 0 Å². The standard InChI is InChI=1S/C15H19N3OS/c1-10(2)13(12-7-5-9-20-12)18-15(19)11-6-4-8-17-14(11)16-3/h4-10,13H,1-3H3,(H,16,17)(H,18,19). The van der Waals surface area contributed by atoms with Gasteiger partial charge in [0, 0.05) is 18.1 Å². The molecule has 0 aliphatic rings. The van der Waals surface area contributed by atoms with Gasteiger partial charge in [-0.15, -0.1) is 11.3 Å². The van der Waals surface area contributed by atoms with Gasteiger partial charge in [0.2, 0.25) is 0 Å². The third-order valence-electron chi connectivity index (χ3n) is 3.09. The molecule has 0 aliphatic carbocycles. The predicted molar refractivity (Wildman–Crippen MR) is 83.1 cm³/mol. The maximum atomic E-state index is 12.4. The average molecular weight is 289 g/mol. The highest BCUT2D eigenvalue weighted by molar-refractivity contribution is 7.10. The Bertz CT molecular complexity index is 566. The minimum absolute atomic E-state index is 0.0208. The maximum absolute atomic E-state index is 12.4. The molecule has 20 heavy (non-hydrogen) atoms. The molecule has 0 radical (unpaired) electrons. The Morgan fingerprint density at radius 3 is 2.70 bits per heavy atom. The summed E-state index contributed by atoms with van der Waals surface area (Å²) >= 11 is 1.66. The summed E-state index contributed by atoms with van der Waals surface area (Å²) in [6, 6.07) is 7.63. The molecule has 0 saturated heterocycles. The highest BCUT2D eigenvalue weighted by Crippen LogP contribution is 2.26. The lowest BCUT2D eigenvalue weighted by molar-refractivity contribution is 0.0927. The second-order valence-corrected chi connectivity index (χ2v) is 5.84.